The van der Waals surface area contributed by atoms with Crippen molar-refractivity contribution >= 4 is 23.5 Å². The second-order valence-electron chi connectivity index (χ2n) is 6.21. The largest absolute Gasteiger partial charge is 0.478 e. The lowest BCUT2D eigenvalue weighted by Crippen LogP contribution is -2.38. The summed E-state index contributed by atoms with van der Waals surface area (Å²) in [6, 6.07) is 5.91. The van der Waals surface area contributed by atoms with Crippen molar-refractivity contribution in [1.29, 1.82) is 0 Å². The first-order chi connectivity index (χ1) is 10.6. The van der Waals surface area contributed by atoms with Crippen molar-refractivity contribution in [2.24, 2.45) is 23.7 Å². The molecule has 4 aliphatic rings. The molecule has 0 spiro atoms. The van der Waals surface area contributed by atoms with Crippen LogP contribution in [-0.2, 0) is 9.59 Å². The predicted molar refractivity (Wildman–Crippen MR) is 78.2 cm³/mol. The van der Waals surface area contributed by atoms with E-state index in [0.717, 1.165) is 12.8 Å². The first kappa shape index (κ1) is 13.2. The number of benzene rings is 1. The molecule has 1 N–H and O–H groups in total. The predicted octanol–water partition coefficient (Wildman–Crippen LogP) is 2.09. The van der Waals surface area contributed by atoms with E-state index in [1.165, 1.54) is 29.2 Å². The molecule has 1 saturated heterocycles. The summed E-state index contributed by atoms with van der Waals surface area (Å²) in [4.78, 5) is 37.6. The van der Waals surface area contributed by atoms with Crippen LogP contribution in [0, 0.1) is 23.7 Å². The molecule has 2 amide bonds. The number of carbonyl (C=O) groups is 3. The molecule has 4 atom stereocenters. The molecule has 0 unspecified atom stereocenters. The maximum Gasteiger partial charge on any atom is 0.335 e. The van der Waals surface area contributed by atoms with Gasteiger partial charge < -0.3 is 5.11 Å². The van der Waals surface area contributed by atoms with Crippen molar-refractivity contribution in [3.8, 4) is 0 Å². The topological polar surface area (TPSA) is 74.7 Å². The van der Waals surface area contributed by atoms with Gasteiger partial charge in [0.25, 0.3) is 0 Å². The number of allylic oxidation sites excluding steroid dienone is 2. The third-order valence-electron chi connectivity index (χ3n) is 5.13. The van der Waals surface area contributed by atoms with Gasteiger partial charge in [-0.05, 0) is 48.9 Å². The molecule has 5 heteroatoms. The molecule has 1 heterocycles. The van der Waals surface area contributed by atoms with E-state index in [1.54, 1.807) is 0 Å². The Morgan fingerprint density at radius 1 is 0.955 bits per heavy atom. The zero-order valence-electron chi connectivity index (χ0n) is 11.8. The highest BCUT2D eigenvalue weighted by Gasteiger charge is 2.56. The Kier molecular flexibility index (Phi) is 2.73. The van der Waals surface area contributed by atoms with Gasteiger partial charge in [-0.2, -0.15) is 0 Å². The molecule has 5 rings (SSSR count). The quantitative estimate of drug-likeness (QED) is 0.670. The number of carboxylic acid groups (broad SMARTS) is 1. The lowest BCUT2D eigenvalue weighted by Gasteiger charge is -2.38. The van der Waals surface area contributed by atoms with Crippen molar-refractivity contribution in [3.05, 3.63) is 42.0 Å². The fourth-order valence-corrected chi connectivity index (χ4v) is 4.08. The number of aromatic carboxylic acids is 1. The van der Waals surface area contributed by atoms with Gasteiger partial charge in [-0.3, -0.25) is 14.5 Å². The minimum atomic E-state index is -1.03. The minimum absolute atomic E-state index is 0.141. The van der Waals surface area contributed by atoms with Crippen LogP contribution in [0.2, 0.25) is 0 Å². The maximum absolute atomic E-state index is 12.7. The second-order valence-corrected chi connectivity index (χ2v) is 6.21. The fourth-order valence-electron chi connectivity index (χ4n) is 4.08. The van der Waals surface area contributed by atoms with Crippen molar-refractivity contribution < 1.29 is 19.5 Å². The van der Waals surface area contributed by atoms with Gasteiger partial charge in [0.15, 0.2) is 0 Å². The Labute approximate surface area is 127 Å². The average Bonchev–Trinajstić information content (AvgIpc) is 2.82. The molecule has 112 valence electrons. The number of carboxylic acids is 1. The molecule has 3 aliphatic carbocycles. The summed E-state index contributed by atoms with van der Waals surface area (Å²) in [5.74, 6) is -1.47. The normalized spacial score (nSPS) is 32.5. The monoisotopic (exact) mass is 297 g/mol. The van der Waals surface area contributed by atoms with E-state index in [0.29, 0.717) is 5.69 Å². The van der Waals surface area contributed by atoms with Crippen LogP contribution in [0.3, 0.4) is 0 Å². The number of nitrogens with zero attached hydrogens (tertiary/aromatic N) is 1. The fraction of sp³-hybridized carbons (Fsp3) is 0.353. The Bertz CT molecular complexity index is 674. The number of carbonyl (C=O) groups excluding carboxylic acids is 2. The van der Waals surface area contributed by atoms with Crippen LogP contribution < -0.4 is 4.90 Å². The minimum Gasteiger partial charge on any atom is -0.478 e. The Morgan fingerprint density at radius 2 is 1.45 bits per heavy atom. The molecular weight excluding hydrogens is 282 g/mol. The first-order valence-electron chi connectivity index (χ1n) is 7.47. The van der Waals surface area contributed by atoms with Gasteiger partial charge in [0.2, 0.25) is 11.8 Å². The summed E-state index contributed by atoms with van der Waals surface area (Å²) in [6.07, 6.45) is 6.09. The van der Waals surface area contributed by atoms with E-state index in [1.807, 2.05) is 0 Å². The Hall–Kier alpha value is -2.43. The third kappa shape index (κ3) is 1.68. The highest BCUT2D eigenvalue weighted by Crippen LogP contribution is 2.50. The number of amides is 2. The molecule has 2 bridgehead atoms. The zero-order valence-corrected chi connectivity index (χ0v) is 11.8. The molecule has 0 aromatic heterocycles. The van der Waals surface area contributed by atoms with Crippen LogP contribution in [0.25, 0.3) is 0 Å². The van der Waals surface area contributed by atoms with Crippen LogP contribution in [0.15, 0.2) is 36.4 Å². The van der Waals surface area contributed by atoms with E-state index >= 15 is 0 Å². The van der Waals surface area contributed by atoms with Gasteiger partial charge in [-0.15, -0.1) is 0 Å². The standard InChI is InChI=1S/C17H15NO4/c19-15-13-9-1-2-10(4-3-9)14(13)16(20)18(15)12-7-5-11(6-8-12)17(21)22/h1-2,5-10,13-14H,3-4H2,(H,21,22)/t9-,10+,13-,14+. The molecule has 22 heavy (non-hydrogen) atoms. The lowest BCUT2D eigenvalue weighted by molar-refractivity contribution is -0.124. The average molecular weight is 297 g/mol. The van der Waals surface area contributed by atoms with E-state index in [9.17, 15) is 14.4 Å². The van der Waals surface area contributed by atoms with E-state index in [-0.39, 0.29) is 41.0 Å². The van der Waals surface area contributed by atoms with Crippen LogP contribution in [-0.4, -0.2) is 22.9 Å². The SMILES string of the molecule is O=C(O)c1ccc(N2C(=O)[C@@H]3[C@H](C2=O)[C@@H]2C=C[C@H]3CC2)cc1. The summed E-state index contributed by atoms with van der Waals surface area (Å²) in [5.41, 5.74) is 0.607. The van der Waals surface area contributed by atoms with Crippen LogP contribution in [0.4, 0.5) is 5.69 Å². The molecule has 0 radical (unpaired) electrons. The van der Waals surface area contributed by atoms with Gasteiger partial charge in [0, 0.05) is 0 Å². The molecule has 1 aromatic carbocycles. The molecule has 2 fully saturated rings. The number of anilines is 1. The van der Waals surface area contributed by atoms with Crippen molar-refractivity contribution in [1.82, 2.24) is 0 Å². The number of fused-ring (bicyclic) bond motifs is 1. The van der Waals surface area contributed by atoms with Crippen molar-refractivity contribution in [2.75, 3.05) is 4.90 Å². The summed E-state index contributed by atoms with van der Waals surface area (Å²) in [6.45, 7) is 0. The smallest absolute Gasteiger partial charge is 0.335 e. The molecule has 1 aliphatic heterocycles. The molecule has 5 nitrogen and oxygen atoms in total. The van der Waals surface area contributed by atoms with E-state index in [4.69, 9.17) is 5.11 Å². The van der Waals surface area contributed by atoms with Gasteiger partial charge in [-0.25, -0.2) is 4.79 Å². The summed E-state index contributed by atoms with van der Waals surface area (Å²) >= 11 is 0. The molecule has 1 saturated carbocycles. The van der Waals surface area contributed by atoms with Crippen LogP contribution >= 0.6 is 0 Å². The number of rotatable bonds is 2. The zero-order chi connectivity index (χ0) is 15.4. The second kappa shape index (κ2) is 4.53. The van der Waals surface area contributed by atoms with E-state index < -0.39 is 5.97 Å². The number of hydrogen-bond donors (Lipinski definition) is 1. The van der Waals surface area contributed by atoms with Gasteiger partial charge in [0.1, 0.15) is 0 Å². The van der Waals surface area contributed by atoms with Crippen LogP contribution in [0.1, 0.15) is 23.2 Å². The van der Waals surface area contributed by atoms with Gasteiger partial charge in [-0.1, -0.05) is 12.2 Å². The van der Waals surface area contributed by atoms with Gasteiger partial charge >= 0.3 is 5.97 Å². The molecule has 1 aromatic rings. The summed E-state index contributed by atoms with van der Waals surface area (Å²) in [5, 5.41) is 8.94. The lowest BCUT2D eigenvalue weighted by atomic mass is 9.63. The van der Waals surface area contributed by atoms with E-state index in [2.05, 4.69) is 12.2 Å². The third-order valence-corrected chi connectivity index (χ3v) is 5.13. The maximum atomic E-state index is 12.7. The van der Waals surface area contributed by atoms with Crippen molar-refractivity contribution in [3.63, 3.8) is 0 Å². The van der Waals surface area contributed by atoms with Crippen molar-refractivity contribution in [2.45, 2.75) is 12.8 Å². The highest BCUT2D eigenvalue weighted by atomic mass is 16.4. The Morgan fingerprint density at radius 3 is 1.86 bits per heavy atom. The van der Waals surface area contributed by atoms with Gasteiger partial charge in [0.05, 0.1) is 23.1 Å². The number of imide groups is 1. The first-order valence-corrected chi connectivity index (χ1v) is 7.47. The summed E-state index contributed by atoms with van der Waals surface area (Å²) in [7, 11) is 0. The molecular formula is C17H15NO4. The number of hydrogen-bond acceptors (Lipinski definition) is 3. The summed E-state index contributed by atoms with van der Waals surface area (Å²) < 4.78 is 0. The Balaban J connectivity index is 1.70. The van der Waals surface area contributed by atoms with Crippen LogP contribution in [0.5, 0.6) is 0 Å². The highest BCUT2D eigenvalue weighted by molar-refractivity contribution is 6.22.